The Morgan fingerprint density at radius 2 is 1.96 bits per heavy atom. The Morgan fingerprint density at radius 3 is 2.74 bits per heavy atom. The van der Waals surface area contributed by atoms with Crippen LogP contribution in [0.1, 0.15) is 16.1 Å². The summed E-state index contributed by atoms with van der Waals surface area (Å²) in [7, 11) is 0. The number of carbonyl (C=O) groups is 1. The lowest BCUT2D eigenvalue weighted by Gasteiger charge is -2.01. The van der Waals surface area contributed by atoms with Crippen LogP contribution in [-0.4, -0.2) is 25.7 Å². The lowest BCUT2D eigenvalue weighted by molar-refractivity contribution is 0.102. The molecule has 4 rings (SSSR count). The van der Waals surface area contributed by atoms with Crippen LogP contribution in [-0.2, 0) is 6.54 Å². The number of anilines is 1. The Morgan fingerprint density at radius 1 is 1.19 bits per heavy atom. The second-order valence-corrected chi connectivity index (χ2v) is 7.58. The molecular formula is C18H12BrCl2N5O. The minimum atomic E-state index is -0.422. The molecule has 27 heavy (non-hydrogen) atoms. The smallest absolute Gasteiger partial charge is 0.276 e. The van der Waals surface area contributed by atoms with Crippen LogP contribution in [0.5, 0.6) is 0 Å². The molecule has 0 aliphatic heterocycles. The molecule has 2 aromatic carbocycles. The van der Waals surface area contributed by atoms with Gasteiger partial charge in [-0.3, -0.25) is 10.1 Å². The Bertz CT molecular complexity index is 1140. The SMILES string of the molecule is O=C(Nc1ncn(Cc2ccc(Br)cc2)n1)c1[nH]c2ccc(Cl)cc2c1Cl. The number of hydrogen-bond donors (Lipinski definition) is 2. The molecule has 0 fully saturated rings. The number of halogens is 3. The van der Waals surface area contributed by atoms with Crippen LogP contribution < -0.4 is 5.32 Å². The van der Waals surface area contributed by atoms with Crippen molar-refractivity contribution in [2.75, 3.05) is 5.32 Å². The van der Waals surface area contributed by atoms with Crippen molar-refractivity contribution in [1.82, 2.24) is 19.7 Å². The van der Waals surface area contributed by atoms with Crippen LogP contribution in [0, 0.1) is 0 Å². The number of aromatic nitrogens is 4. The van der Waals surface area contributed by atoms with Gasteiger partial charge in [-0.15, -0.1) is 5.10 Å². The number of carbonyl (C=O) groups excluding carboxylic acids is 1. The van der Waals surface area contributed by atoms with Crippen molar-refractivity contribution in [3.63, 3.8) is 0 Å². The molecule has 0 radical (unpaired) electrons. The second kappa shape index (κ2) is 7.34. The normalized spacial score (nSPS) is 11.1. The van der Waals surface area contributed by atoms with E-state index in [2.05, 4.69) is 36.3 Å². The average molecular weight is 465 g/mol. The van der Waals surface area contributed by atoms with Crippen LogP contribution in [0.3, 0.4) is 0 Å². The molecule has 0 atom stereocenters. The van der Waals surface area contributed by atoms with Crippen molar-refractivity contribution < 1.29 is 4.79 Å². The van der Waals surface area contributed by atoms with Gasteiger partial charge in [-0.25, -0.2) is 9.67 Å². The van der Waals surface area contributed by atoms with Gasteiger partial charge in [-0.05, 0) is 35.9 Å². The number of fused-ring (bicyclic) bond motifs is 1. The highest BCUT2D eigenvalue weighted by molar-refractivity contribution is 9.10. The van der Waals surface area contributed by atoms with Crippen LogP contribution >= 0.6 is 39.1 Å². The first-order chi connectivity index (χ1) is 13.0. The quantitative estimate of drug-likeness (QED) is 0.439. The van der Waals surface area contributed by atoms with E-state index < -0.39 is 5.91 Å². The molecule has 6 nitrogen and oxygen atoms in total. The summed E-state index contributed by atoms with van der Waals surface area (Å²) < 4.78 is 2.65. The van der Waals surface area contributed by atoms with Crippen LogP contribution in [0.4, 0.5) is 5.95 Å². The topological polar surface area (TPSA) is 75.6 Å². The van der Waals surface area contributed by atoms with Gasteiger partial charge in [-0.1, -0.05) is 51.3 Å². The van der Waals surface area contributed by atoms with Gasteiger partial charge >= 0.3 is 0 Å². The fraction of sp³-hybridized carbons (Fsp3) is 0.0556. The van der Waals surface area contributed by atoms with Gasteiger partial charge in [-0.2, -0.15) is 0 Å². The predicted molar refractivity (Wildman–Crippen MR) is 110 cm³/mol. The summed E-state index contributed by atoms with van der Waals surface area (Å²) in [5, 5.41) is 8.46. The molecular weight excluding hydrogens is 453 g/mol. The fourth-order valence-electron chi connectivity index (χ4n) is 2.66. The summed E-state index contributed by atoms with van der Waals surface area (Å²) in [4.78, 5) is 19.7. The number of nitrogens with zero attached hydrogens (tertiary/aromatic N) is 3. The fourth-order valence-corrected chi connectivity index (χ4v) is 3.38. The van der Waals surface area contributed by atoms with E-state index in [0.29, 0.717) is 22.0 Å². The molecule has 9 heteroatoms. The molecule has 0 bridgehead atoms. The number of amides is 1. The highest BCUT2D eigenvalue weighted by Gasteiger charge is 2.18. The maximum absolute atomic E-state index is 12.5. The largest absolute Gasteiger partial charge is 0.349 e. The maximum Gasteiger partial charge on any atom is 0.276 e. The standard InChI is InChI=1S/C18H12BrCl2N5O/c19-11-3-1-10(2-4-11)8-26-9-22-18(25-26)24-17(27)16-15(21)13-7-12(20)5-6-14(13)23-16/h1-7,9,23H,8H2,(H,24,25,27). The molecule has 0 saturated carbocycles. The second-order valence-electron chi connectivity index (χ2n) is 5.85. The van der Waals surface area contributed by atoms with Gasteiger partial charge in [0.2, 0.25) is 5.95 Å². The first-order valence-corrected chi connectivity index (χ1v) is 9.46. The van der Waals surface area contributed by atoms with Crippen molar-refractivity contribution in [2.24, 2.45) is 0 Å². The first-order valence-electron chi connectivity index (χ1n) is 7.91. The first kappa shape index (κ1) is 18.0. The maximum atomic E-state index is 12.5. The third-order valence-corrected chi connectivity index (χ3v) is 5.10. The van der Waals surface area contributed by atoms with E-state index in [-0.39, 0.29) is 11.6 Å². The monoisotopic (exact) mass is 463 g/mol. The molecule has 136 valence electrons. The third kappa shape index (κ3) is 3.85. The summed E-state index contributed by atoms with van der Waals surface area (Å²) in [5.74, 6) is -0.224. The lowest BCUT2D eigenvalue weighted by Crippen LogP contribution is -2.14. The number of aromatic amines is 1. The van der Waals surface area contributed by atoms with Crippen molar-refractivity contribution in [3.8, 4) is 0 Å². The molecule has 2 N–H and O–H groups in total. The molecule has 2 aromatic heterocycles. The van der Waals surface area contributed by atoms with Crippen molar-refractivity contribution in [3.05, 3.63) is 74.6 Å². The van der Waals surface area contributed by atoms with Crippen LogP contribution in [0.2, 0.25) is 10.0 Å². The van der Waals surface area contributed by atoms with Gasteiger partial charge in [0.15, 0.2) is 0 Å². The van der Waals surface area contributed by atoms with Gasteiger partial charge in [0.05, 0.1) is 11.6 Å². The van der Waals surface area contributed by atoms with Crippen molar-refractivity contribution >= 4 is 61.9 Å². The van der Waals surface area contributed by atoms with Gasteiger partial charge in [0, 0.05) is 20.4 Å². The minimum Gasteiger partial charge on any atom is -0.349 e. The zero-order chi connectivity index (χ0) is 19.0. The lowest BCUT2D eigenvalue weighted by atomic mass is 10.2. The van der Waals surface area contributed by atoms with Crippen molar-refractivity contribution in [1.29, 1.82) is 0 Å². The summed E-state index contributed by atoms with van der Waals surface area (Å²) in [6.07, 6.45) is 1.56. The Labute approximate surface area is 172 Å². The molecule has 0 aliphatic rings. The van der Waals surface area contributed by atoms with E-state index in [4.69, 9.17) is 23.2 Å². The van der Waals surface area contributed by atoms with E-state index >= 15 is 0 Å². The highest BCUT2D eigenvalue weighted by atomic mass is 79.9. The number of nitrogens with one attached hydrogen (secondary N) is 2. The minimum absolute atomic E-state index is 0.199. The van der Waals surface area contributed by atoms with E-state index in [1.54, 1.807) is 29.2 Å². The highest BCUT2D eigenvalue weighted by Crippen LogP contribution is 2.30. The number of hydrogen-bond acceptors (Lipinski definition) is 3. The van der Waals surface area contributed by atoms with E-state index in [0.717, 1.165) is 15.6 Å². The van der Waals surface area contributed by atoms with Crippen LogP contribution in [0.25, 0.3) is 10.9 Å². The predicted octanol–water partition coefficient (Wildman–Crippen LogP) is 5.13. The summed E-state index contributed by atoms with van der Waals surface area (Å²) in [5.41, 5.74) is 2.03. The third-order valence-electron chi connectivity index (χ3n) is 3.94. The Kier molecular flexibility index (Phi) is 4.90. The summed E-state index contributed by atoms with van der Waals surface area (Å²) >= 11 is 15.7. The molecule has 0 aliphatic carbocycles. The summed E-state index contributed by atoms with van der Waals surface area (Å²) in [6, 6.07) is 13.1. The molecule has 0 saturated heterocycles. The molecule has 0 unspecified atom stereocenters. The van der Waals surface area contributed by atoms with E-state index in [1.807, 2.05) is 24.3 Å². The molecule has 4 aromatic rings. The van der Waals surface area contributed by atoms with E-state index in [9.17, 15) is 4.79 Å². The van der Waals surface area contributed by atoms with E-state index in [1.165, 1.54) is 0 Å². The Hall–Kier alpha value is -2.35. The molecule has 2 heterocycles. The number of benzene rings is 2. The van der Waals surface area contributed by atoms with Crippen molar-refractivity contribution in [2.45, 2.75) is 6.54 Å². The zero-order valence-electron chi connectivity index (χ0n) is 13.7. The average Bonchev–Trinajstić information content (AvgIpc) is 3.21. The summed E-state index contributed by atoms with van der Waals surface area (Å²) in [6.45, 7) is 0.543. The zero-order valence-corrected chi connectivity index (χ0v) is 16.8. The molecule has 1 amide bonds. The van der Waals surface area contributed by atoms with Gasteiger partial charge in [0.25, 0.3) is 5.91 Å². The van der Waals surface area contributed by atoms with Gasteiger partial charge in [0.1, 0.15) is 12.0 Å². The van der Waals surface area contributed by atoms with Gasteiger partial charge < -0.3 is 4.98 Å². The number of H-pyrrole nitrogens is 1. The Balaban J connectivity index is 1.51. The number of rotatable bonds is 4. The molecule has 0 spiro atoms. The van der Waals surface area contributed by atoms with Crippen LogP contribution in [0.15, 0.2) is 53.3 Å².